The third kappa shape index (κ3) is 2.75. The highest BCUT2D eigenvalue weighted by molar-refractivity contribution is 5.97. The predicted octanol–water partition coefficient (Wildman–Crippen LogP) is 2.77. The average Bonchev–Trinajstić information content (AvgIpc) is 2.82. The Morgan fingerprint density at radius 2 is 1.88 bits per heavy atom. The van der Waals surface area contributed by atoms with E-state index in [0.29, 0.717) is 17.7 Å². The zero-order valence-electron chi connectivity index (χ0n) is 10.0. The van der Waals surface area contributed by atoms with Gasteiger partial charge in [0, 0.05) is 25.3 Å². The molecule has 3 nitrogen and oxygen atoms in total. The first-order valence-electron chi connectivity index (χ1n) is 5.50. The van der Waals surface area contributed by atoms with Crippen LogP contribution in [0.15, 0.2) is 47.1 Å². The van der Waals surface area contributed by atoms with Crippen molar-refractivity contribution < 1.29 is 9.21 Å². The summed E-state index contributed by atoms with van der Waals surface area (Å²) in [4.78, 5) is 13.9. The SMILES string of the molecule is CN(C)c1ccc(C(=O)Cc2ccco2)cc1. The summed E-state index contributed by atoms with van der Waals surface area (Å²) in [6.07, 6.45) is 1.89. The quantitative estimate of drug-likeness (QED) is 0.756. The summed E-state index contributed by atoms with van der Waals surface area (Å²) in [6.45, 7) is 0. The number of hydrogen-bond donors (Lipinski definition) is 0. The van der Waals surface area contributed by atoms with Gasteiger partial charge in [0.1, 0.15) is 5.76 Å². The molecule has 0 saturated carbocycles. The van der Waals surface area contributed by atoms with Gasteiger partial charge in [-0.15, -0.1) is 0 Å². The van der Waals surface area contributed by atoms with Crippen molar-refractivity contribution >= 4 is 11.5 Å². The van der Waals surface area contributed by atoms with Crippen molar-refractivity contribution in [1.29, 1.82) is 0 Å². The van der Waals surface area contributed by atoms with Gasteiger partial charge in [-0.2, -0.15) is 0 Å². The molecule has 88 valence electrons. The van der Waals surface area contributed by atoms with Gasteiger partial charge in [-0.3, -0.25) is 4.79 Å². The Morgan fingerprint density at radius 1 is 1.18 bits per heavy atom. The Morgan fingerprint density at radius 3 is 2.41 bits per heavy atom. The van der Waals surface area contributed by atoms with E-state index in [9.17, 15) is 4.79 Å². The van der Waals surface area contributed by atoms with Gasteiger partial charge in [-0.05, 0) is 36.4 Å². The van der Waals surface area contributed by atoms with E-state index in [1.54, 1.807) is 12.3 Å². The van der Waals surface area contributed by atoms with Crippen molar-refractivity contribution in [1.82, 2.24) is 0 Å². The molecule has 0 amide bonds. The fourth-order valence-electron chi connectivity index (χ4n) is 1.62. The van der Waals surface area contributed by atoms with E-state index >= 15 is 0 Å². The molecular formula is C14H15NO2. The first kappa shape index (κ1) is 11.5. The molecule has 0 spiro atoms. The molecule has 0 aliphatic rings. The Labute approximate surface area is 101 Å². The van der Waals surface area contributed by atoms with Gasteiger partial charge in [0.25, 0.3) is 0 Å². The molecule has 3 heteroatoms. The van der Waals surface area contributed by atoms with Crippen LogP contribution in [-0.4, -0.2) is 19.9 Å². The van der Waals surface area contributed by atoms with E-state index in [1.807, 2.05) is 49.3 Å². The number of hydrogen-bond acceptors (Lipinski definition) is 3. The lowest BCUT2D eigenvalue weighted by molar-refractivity contribution is 0.0987. The summed E-state index contributed by atoms with van der Waals surface area (Å²) in [5.41, 5.74) is 1.80. The molecule has 0 fully saturated rings. The van der Waals surface area contributed by atoms with Crippen molar-refractivity contribution in [3.8, 4) is 0 Å². The van der Waals surface area contributed by atoms with E-state index in [0.717, 1.165) is 5.69 Å². The number of carbonyl (C=O) groups is 1. The Hall–Kier alpha value is -2.03. The molecule has 0 aliphatic heterocycles. The van der Waals surface area contributed by atoms with Crippen molar-refractivity contribution in [3.05, 3.63) is 54.0 Å². The third-order valence-electron chi connectivity index (χ3n) is 2.62. The average molecular weight is 229 g/mol. The number of ketones is 1. The van der Waals surface area contributed by atoms with Gasteiger partial charge in [0.05, 0.1) is 12.7 Å². The van der Waals surface area contributed by atoms with Crippen LogP contribution in [0.2, 0.25) is 0 Å². The minimum absolute atomic E-state index is 0.0743. The second-order valence-electron chi connectivity index (χ2n) is 4.12. The fourth-order valence-corrected chi connectivity index (χ4v) is 1.62. The summed E-state index contributed by atoms with van der Waals surface area (Å²) >= 11 is 0. The maximum Gasteiger partial charge on any atom is 0.170 e. The number of nitrogens with zero attached hydrogens (tertiary/aromatic N) is 1. The molecule has 0 unspecified atom stereocenters. The molecule has 0 N–H and O–H groups in total. The second kappa shape index (κ2) is 4.87. The van der Waals surface area contributed by atoms with Crippen molar-refractivity contribution in [2.45, 2.75) is 6.42 Å². The van der Waals surface area contributed by atoms with Crippen molar-refractivity contribution in [2.24, 2.45) is 0 Å². The molecule has 1 heterocycles. The lowest BCUT2D eigenvalue weighted by Gasteiger charge is -2.12. The molecule has 0 atom stereocenters. The second-order valence-corrected chi connectivity index (χ2v) is 4.12. The normalized spacial score (nSPS) is 10.2. The Kier molecular flexibility index (Phi) is 3.28. The molecule has 2 rings (SSSR count). The van der Waals surface area contributed by atoms with Crippen LogP contribution in [0.5, 0.6) is 0 Å². The summed E-state index contributed by atoms with van der Waals surface area (Å²) in [5.74, 6) is 0.775. The zero-order valence-corrected chi connectivity index (χ0v) is 10.0. The third-order valence-corrected chi connectivity index (χ3v) is 2.62. The minimum Gasteiger partial charge on any atom is -0.469 e. The summed E-state index contributed by atoms with van der Waals surface area (Å²) in [5, 5.41) is 0. The standard InChI is InChI=1S/C14H15NO2/c1-15(2)12-7-5-11(6-8-12)14(16)10-13-4-3-9-17-13/h3-9H,10H2,1-2H3. The van der Waals surface area contributed by atoms with Crippen molar-refractivity contribution in [3.63, 3.8) is 0 Å². The summed E-state index contributed by atoms with van der Waals surface area (Å²) in [6, 6.07) is 11.2. The monoisotopic (exact) mass is 229 g/mol. The van der Waals surface area contributed by atoms with Gasteiger partial charge < -0.3 is 9.32 Å². The maximum absolute atomic E-state index is 11.9. The van der Waals surface area contributed by atoms with Crippen LogP contribution < -0.4 is 4.90 Å². The van der Waals surface area contributed by atoms with E-state index in [1.165, 1.54) is 0 Å². The Balaban J connectivity index is 2.09. The van der Waals surface area contributed by atoms with Crippen LogP contribution in [0.25, 0.3) is 0 Å². The summed E-state index contributed by atoms with van der Waals surface area (Å²) < 4.78 is 5.16. The lowest BCUT2D eigenvalue weighted by atomic mass is 10.1. The lowest BCUT2D eigenvalue weighted by Crippen LogP contribution is -2.09. The van der Waals surface area contributed by atoms with Crippen LogP contribution in [0.1, 0.15) is 16.1 Å². The van der Waals surface area contributed by atoms with Gasteiger partial charge in [0.15, 0.2) is 5.78 Å². The first-order chi connectivity index (χ1) is 8.16. The van der Waals surface area contributed by atoms with Crippen LogP contribution in [-0.2, 0) is 6.42 Å². The molecular weight excluding hydrogens is 214 g/mol. The molecule has 0 saturated heterocycles. The van der Waals surface area contributed by atoms with Gasteiger partial charge in [-0.1, -0.05) is 0 Å². The number of carbonyl (C=O) groups excluding carboxylic acids is 1. The van der Waals surface area contributed by atoms with E-state index < -0.39 is 0 Å². The number of benzene rings is 1. The topological polar surface area (TPSA) is 33.5 Å². The highest BCUT2D eigenvalue weighted by Crippen LogP contribution is 2.14. The van der Waals surface area contributed by atoms with Crippen LogP contribution in [0, 0.1) is 0 Å². The predicted molar refractivity (Wildman–Crippen MR) is 67.5 cm³/mol. The van der Waals surface area contributed by atoms with Crippen molar-refractivity contribution in [2.75, 3.05) is 19.0 Å². The smallest absolute Gasteiger partial charge is 0.170 e. The number of anilines is 1. The van der Waals surface area contributed by atoms with E-state index in [-0.39, 0.29) is 5.78 Å². The van der Waals surface area contributed by atoms with Gasteiger partial charge in [0.2, 0.25) is 0 Å². The number of furan rings is 1. The maximum atomic E-state index is 11.9. The molecule has 1 aromatic carbocycles. The molecule has 2 aromatic rings. The summed E-state index contributed by atoms with van der Waals surface area (Å²) in [7, 11) is 3.94. The van der Waals surface area contributed by atoms with E-state index in [2.05, 4.69) is 0 Å². The van der Waals surface area contributed by atoms with Crippen LogP contribution in [0.4, 0.5) is 5.69 Å². The van der Waals surface area contributed by atoms with Gasteiger partial charge >= 0.3 is 0 Å². The number of rotatable bonds is 4. The van der Waals surface area contributed by atoms with E-state index in [4.69, 9.17) is 4.42 Å². The highest BCUT2D eigenvalue weighted by atomic mass is 16.3. The molecule has 0 bridgehead atoms. The molecule has 1 aromatic heterocycles. The largest absolute Gasteiger partial charge is 0.469 e. The molecule has 17 heavy (non-hydrogen) atoms. The zero-order chi connectivity index (χ0) is 12.3. The fraction of sp³-hybridized carbons (Fsp3) is 0.214. The number of Topliss-reactive ketones (excluding diaryl/α,β-unsaturated/α-hetero) is 1. The molecule has 0 aliphatic carbocycles. The van der Waals surface area contributed by atoms with Crippen LogP contribution >= 0.6 is 0 Å². The van der Waals surface area contributed by atoms with Crippen LogP contribution in [0.3, 0.4) is 0 Å². The highest BCUT2D eigenvalue weighted by Gasteiger charge is 2.08. The molecule has 0 radical (unpaired) electrons. The van der Waals surface area contributed by atoms with Gasteiger partial charge in [-0.25, -0.2) is 0 Å². The first-order valence-corrected chi connectivity index (χ1v) is 5.50. The Bertz CT molecular complexity index is 483. The minimum atomic E-state index is 0.0743.